The highest BCUT2D eigenvalue weighted by molar-refractivity contribution is 7.10. The molecule has 0 unspecified atom stereocenters. The fraction of sp³-hybridized carbons (Fsp3) is 0.500. The van der Waals surface area contributed by atoms with Gasteiger partial charge in [0.2, 0.25) is 0 Å². The van der Waals surface area contributed by atoms with Crippen LogP contribution in [0.3, 0.4) is 0 Å². The van der Waals surface area contributed by atoms with Crippen molar-refractivity contribution in [3.8, 4) is 0 Å². The van der Waals surface area contributed by atoms with Gasteiger partial charge in [-0.3, -0.25) is 0 Å². The van der Waals surface area contributed by atoms with Crippen molar-refractivity contribution in [3.05, 3.63) is 21.7 Å². The summed E-state index contributed by atoms with van der Waals surface area (Å²) in [6.45, 7) is 9.11. The predicted molar refractivity (Wildman–Crippen MR) is 77.6 cm³/mol. The first-order valence-electron chi connectivity index (χ1n) is 6.27. The minimum Gasteiger partial charge on any atom is -0.461 e. The molecule has 0 atom stereocenters. The van der Waals surface area contributed by atoms with Gasteiger partial charge in [0.05, 0.1) is 6.61 Å². The van der Waals surface area contributed by atoms with Crippen molar-refractivity contribution < 1.29 is 19.1 Å². The molecule has 1 aromatic heterocycles. The number of rotatable bonds is 4. The number of esters is 2. The van der Waals surface area contributed by atoms with Crippen molar-refractivity contribution in [1.82, 2.24) is 4.98 Å². The Morgan fingerprint density at radius 3 is 2.60 bits per heavy atom. The van der Waals surface area contributed by atoms with E-state index >= 15 is 0 Å². The standard InChI is InChI=1S/C14H19NO4S/c1-6-18-13(17)10-8-20-11(15-10)7-9(2)12(16)19-14(3,4)5/h7-8H,6H2,1-5H3/b9-7+. The number of carbonyl (C=O) groups is 2. The van der Waals surface area contributed by atoms with Crippen molar-refractivity contribution in [2.45, 2.75) is 40.2 Å². The molecule has 0 bridgehead atoms. The van der Waals surface area contributed by atoms with Crippen LogP contribution in [0.2, 0.25) is 0 Å². The summed E-state index contributed by atoms with van der Waals surface area (Å²) < 4.78 is 10.1. The highest BCUT2D eigenvalue weighted by Crippen LogP contribution is 2.17. The fourth-order valence-corrected chi connectivity index (χ4v) is 2.03. The van der Waals surface area contributed by atoms with Crippen LogP contribution in [-0.4, -0.2) is 29.1 Å². The first kappa shape index (κ1) is 16.4. The maximum atomic E-state index is 11.8. The first-order valence-corrected chi connectivity index (χ1v) is 7.15. The average Bonchev–Trinajstić information content (AvgIpc) is 2.75. The molecule has 5 nitrogen and oxygen atoms in total. The molecule has 0 N–H and O–H groups in total. The minimum atomic E-state index is -0.537. The fourth-order valence-electron chi connectivity index (χ4n) is 1.26. The summed E-state index contributed by atoms with van der Waals surface area (Å²) in [6, 6.07) is 0. The van der Waals surface area contributed by atoms with Crippen molar-refractivity contribution in [1.29, 1.82) is 0 Å². The van der Waals surface area contributed by atoms with E-state index in [1.807, 2.05) is 0 Å². The lowest BCUT2D eigenvalue weighted by Gasteiger charge is -2.19. The van der Waals surface area contributed by atoms with Crippen LogP contribution in [0.25, 0.3) is 6.08 Å². The molecule has 1 rings (SSSR count). The van der Waals surface area contributed by atoms with Gasteiger partial charge in [-0.05, 0) is 40.7 Å². The van der Waals surface area contributed by atoms with Crippen LogP contribution < -0.4 is 0 Å². The van der Waals surface area contributed by atoms with Crippen molar-refractivity contribution in [3.63, 3.8) is 0 Å². The number of hydrogen-bond acceptors (Lipinski definition) is 6. The van der Waals surface area contributed by atoms with E-state index in [1.54, 1.807) is 46.1 Å². The Balaban J connectivity index is 2.79. The van der Waals surface area contributed by atoms with Crippen LogP contribution >= 0.6 is 11.3 Å². The van der Waals surface area contributed by atoms with Crippen LogP contribution in [0, 0.1) is 0 Å². The van der Waals surface area contributed by atoms with Crippen molar-refractivity contribution in [2.24, 2.45) is 0 Å². The van der Waals surface area contributed by atoms with E-state index in [-0.39, 0.29) is 5.69 Å². The lowest BCUT2D eigenvalue weighted by Crippen LogP contribution is -2.24. The van der Waals surface area contributed by atoms with Crippen LogP contribution in [0.4, 0.5) is 0 Å². The Bertz CT molecular complexity index is 526. The maximum absolute atomic E-state index is 11.8. The molecule has 0 fully saturated rings. The van der Waals surface area contributed by atoms with Crippen LogP contribution in [-0.2, 0) is 14.3 Å². The quantitative estimate of drug-likeness (QED) is 0.631. The third kappa shape index (κ3) is 5.13. The van der Waals surface area contributed by atoms with Crippen molar-refractivity contribution in [2.75, 3.05) is 6.61 Å². The molecule has 0 aliphatic heterocycles. The topological polar surface area (TPSA) is 65.5 Å². The smallest absolute Gasteiger partial charge is 0.357 e. The Morgan fingerprint density at radius 2 is 2.05 bits per heavy atom. The van der Waals surface area contributed by atoms with E-state index in [1.165, 1.54) is 11.3 Å². The van der Waals surface area contributed by atoms with E-state index in [2.05, 4.69) is 4.98 Å². The molecule has 0 saturated carbocycles. The molecule has 0 spiro atoms. The van der Waals surface area contributed by atoms with Gasteiger partial charge in [-0.15, -0.1) is 11.3 Å². The number of nitrogens with zero attached hydrogens (tertiary/aromatic N) is 1. The van der Waals surface area contributed by atoms with Crippen LogP contribution in [0.5, 0.6) is 0 Å². The van der Waals surface area contributed by atoms with E-state index in [9.17, 15) is 9.59 Å². The van der Waals surface area contributed by atoms with Gasteiger partial charge in [0.15, 0.2) is 5.69 Å². The van der Waals surface area contributed by atoms with Crippen LogP contribution in [0.15, 0.2) is 11.0 Å². The van der Waals surface area contributed by atoms with E-state index in [4.69, 9.17) is 9.47 Å². The summed E-state index contributed by atoms with van der Waals surface area (Å²) in [6.07, 6.45) is 1.60. The SMILES string of the molecule is CCOC(=O)c1csc(/C=C(\C)C(=O)OC(C)(C)C)n1. The Labute approximate surface area is 122 Å². The summed E-state index contributed by atoms with van der Waals surface area (Å²) >= 11 is 1.27. The zero-order chi connectivity index (χ0) is 15.3. The number of aromatic nitrogens is 1. The third-order valence-electron chi connectivity index (χ3n) is 2.07. The normalized spacial score (nSPS) is 12.2. The highest BCUT2D eigenvalue weighted by Gasteiger charge is 2.18. The molecule has 20 heavy (non-hydrogen) atoms. The number of hydrogen-bond donors (Lipinski definition) is 0. The minimum absolute atomic E-state index is 0.250. The maximum Gasteiger partial charge on any atom is 0.357 e. The van der Waals surface area contributed by atoms with Gasteiger partial charge >= 0.3 is 11.9 Å². The molecule has 0 aliphatic rings. The van der Waals surface area contributed by atoms with Crippen molar-refractivity contribution >= 4 is 29.4 Å². The second kappa shape index (κ2) is 6.65. The second-order valence-electron chi connectivity index (χ2n) is 5.12. The van der Waals surface area contributed by atoms with Gasteiger partial charge < -0.3 is 9.47 Å². The first-order chi connectivity index (χ1) is 9.23. The number of ether oxygens (including phenoxy) is 2. The summed E-state index contributed by atoms with van der Waals surface area (Å²) in [5.74, 6) is -0.858. The summed E-state index contributed by atoms with van der Waals surface area (Å²) in [5, 5.41) is 2.17. The third-order valence-corrected chi connectivity index (χ3v) is 2.86. The molecule has 0 saturated heterocycles. The molecule has 6 heteroatoms. The molecule has 1 aromatic rings. The average molecular weight is 297 g/mol. The predicted octanol–water partition coefficient (Wildman–Crippen LogP) is 3.06. The highest BCUT2D eigenvalue weighted by atomic mass is 32.1. The Morgan fingerprint density at radius 1 is 1.40 bits per heavy atom. The van der Waals surface area contributed by atoms with E-state index in [0.29, 0.717) is 17.2 Å². The number of thiazole rings is 1. The molecule has 1 heterocycles. The number of carbonyl (C=O) groups excluding carboxylic acids is 2. The lowest BCUT2D eigenvalue weighted by atomic mass is 10.2. The van der Waals surface area contributed by atoms with Gasteiger partial charge in [-0.2, -0.15) is 0 Å². The summed E-state index contributed by atoms with van der Waals surface area (Å²) in [4.78, 5) is 27.4. The molecule has 0 radical (unpaired) electrons. The van der Waals surface area contributed by atoms with Crippen LogP contribution in [0.1, 0.15) is 50.1 Å². The molecule has 0 aromatic carbocycles. The van der Waals surface area contributed by atoms with E-state index in [0.717, 1.165) is 0 Å². The zero-order valence-corrected chi connectivity index (χ0v) is 13.2. The van der Waals surface area contributed by atoms with Gasteiger partial charge in [-0.1, -0.05) is 0 Å². The van der Waals surface area contributed by atoms with Gasteiger partial charge in [-0.25, -0.2) is 14.6 Å². The van der Waals surface area contributed by atoms with Gasteiger partial charge in [0, 0.05) is 11.0 Å². The molecule has 0 amide bonds. The Kier molecular flexibility index (Phi) is 5.44. The molecule has 110 valence electrons. The second-order valence-corrected chi connectivity index (χ2v) is 6.01. The van der Waals surface area contributed by atoms with E-state index < -0.39 is 17.5 Å². The largest absolute Gasteiger partial charge is 0.461 e. The summed E-state index contributed by atoms with van der Waals surface area (Å²) in [7, 11) is 0. The molecule has 0 aliphatic carbocycles. The summed E-state index contributed by atoms with van der Waals surface area (Å²) in [5.41, 5.74) is 0.148. The van der Waals surface area contributed by atoms with Gasteiger partial charge in [0.25, 0.3) is 0 Å². The zero-order valence-electron chi connectivity index (χ0n) is 12.4. The lowest BCUT2D eigenvalue weighted by molar-refractivity contribution is -0.149. The van der Waals surface area contributed by atoms with Gasteiger partial charge in [0.1, 0.15) is 10.6 Å². The molecular formula is C14H19NO4S. The monoisotopic (exact) mass is 297 g/mol. The molecular weight excluding hydrogens is 278 g/mol. The Hall–Kier alpha value is -1.69.